The van der Waals surface area contributed by atoms with Crippen molar-refractivity contribution in [1.82, 2.24) is 15.2 Å². The standard InChI is InChI=1S/C15H25N3/c1-2-18(13-15-5-9-16-10-6-15)11-7-14-4-3-8-17-12-14/h5-6,9-10,14,17H,2-4,7-8,11-13H2,1H3. The second-order valence-electron chi connectivity index (χ2n) is 5.23. The number of hydrogen-bond donors (Lipinski definition) is 1. The van der Waals surface area contributed by atoms with Crippen LogP contribution in [0.2, 0.25) is 0 Å². The zero-order chi connectivity index (χ0) is 12.6. The highest BCUT2D eigenvalue weighted by atomic mass is 15.1. The molecule has 1 atom stereocenters. The van der Waals surface area contributed by atoms with Crippen molar-refractivity contribution in [2.24, 2.45) is 5.92 Å². The predicted molar refractivity (Wildman–Crippen MR) is 75.4 cm³/mol. The molecule has 1 aliphatic heterocycles. The fraction of sp³-hybridized carbons (Fsp3) is 0.667. The lowest BCUT2D eigenvalue weighted by Gasteiger charge is -2.26. The van der Waals surface area contributed by atoms with Gasteiger partial charge < -0.3 is 5.32 Å². The summed E-state index contributed by atoms with van der Waals surface area (Å²) >= 11 is 0. The van der Waals surface area contributed by atoms with E-state index >= 15 is 0 Å². The summed E-state index contributed by atoms with van der Waals surface area (Å²) in [4.78, 5) is 6.60. The summed E-state index contributed by atoms with van der Waals surface area (Å²) in [6.45, 7) is 8.07. The van der Waals surface area contributed by atoms with Gasteiger partial charge in [0, 0.05) is 18.9 Å². The van der Waals surface area contributed by atoms with Crippen LogP contribution in [-0.4, -0.2) is 36.1 Å². The Kier molecular flexibility index (Phi) is 5.62. The highest BCUT2D eigenvalue weighted by Crippen LogP contribution is 2.15. The number of pyridine rings is 1. The summed E-state index contributed by atoms with van der Waals surface area (Å²) in [5.41, 5.74) is 1.37. The van der Waals surface area contributed by atoms with Gasteiger partial charge in [-0.2, -0.15) is 0 Å². The molecule has 0 saturated carbocycles. The molecule has 18 heavy (non-hydrogen) atoms. The molecule has 0 aromatic carbocycles. The van der Waals surface area contributed by atoms with Gasteiger partial charge in [0.05, 0.1) is 0 Å². The third-order valence-electron chi connectivity index (χ3n) is 3.86. The molecule has 1 N–H and O–H groups in total. The number of nitrogens with zero attached hydrogens (tertiary/aromatic N) is 2. The second kappa shape index (κ2) is 7.49. The monoisotopic (exact) mass is 247 g/mol. The number of piperidine rings is 1. The molecule has 2 heterocycles. The zero-order valence-electron chi connectivity index (χ0n) is 11.4. The summed E-state index contributed by atoms with van der Waals surface area (Å²) in [7, 11) is 0. The molecule has 1 aliphatic rings. The van der Waals surface area contributed by atoms with Gasteiger partial charge in [0.1, 0.15) is 0 Å². The Labute approximate surface area is 111 Å². The van der Waals surface area contributed by atoms with Gasteiger partial charge in [-0.05, 0) is 69.1 Å². The number of hydrogen-bond acceptors (Lipinski definition) is 3. The Bertz CT molecular complexity index is 320. The van der Waals surface area contributed by atoms with Gasteiger partial charge >= 0.3 is 0 Å². The first-order valence-electron chi connectivity index (χ1n) is 7.20. The lowest BCUT2D eigenvalue weighted by molar-refractivity contribution is 0.239. The van der Waals surface area contributed by atoms with Crippen molar-refractivity contribution in [1.29, 1.82) is 0 Å². The predicted octanol–water partition coefficient (Wildman–Crippen LogP) is 2.29. The molecule has 1 fully saturated rings. The van der Waals surface area contributed by atoms with Crippen LogP contribution >= 0.6 is 0 Å². The minimum absolute atomic E-state index is 0.880. The number of nitrogens with one attached hydrogen (secondary N) is 1. The van der Waals surface area contributed by atoms with E-state index in [0.29, 0.717) is 0 Å². The summed E-state index contributed by atoms with van der Waals surface area (Å²) in [6.07, 6.45) is 7.84. The molecule has 100 valence electrons. The van der Waals surface area contributed by atoms with E-state index in [4.69, 9.17) is 0 Å². The third kappa shape index (κ3) is 4.39. The molecular formula is C15H25N3. The van der Waals surface area contributed by atoms with Gasteiger partial charge in [-0.15, -0.1) is 0 Å². The fourth-order valence-electron chi connectivity index (χ4n) is 2.63. The molecule has 0 amide bonds. The van der Waals surface area contributed by atoms with E-state index in [1.807, 2.05) is 12.4 Å². The van der Waals surface area contributed by atoms with Gasteiger partial charge in [-0.1, -0.05) is 6.92 Å². The SMILES string of the molecule is CCN(CCC1CCCNC1)Cc1ccncc1. The lowest BCUT2D eigenvalue weighted by Crippen LogP contribution is -2.33. The Hall–Kier alpha value is -0.930. The van der Waals surface area contributed by atoms with Crippen LogP contribution in [-0.2, 0) is 6.54 Å². The van der Waals surface area contributed by atoms with Gasteiger partial charge in [0.15, 0.2) is 0 Å². The van der Waals surface area contributed by atoms with Crippen molar-refractivity contribution >= 4 is 0 Å². The third-order valence-corrected chi connectivity index (χ3v) is 3.86. The van der Waals surface area contributed by atoms with E-state index in [2.05, 4.69) is 34.3 Å². The first-order valence-corrected chi connectivity index (χ1v) is 7.20. The van der Waals surface area contributed by atoms with Crippen LogP contribution in [0.4, 0.5) is 0 Å². The minimum Gasteiger partial charge on any atom is -0.316 e. The maximum atomic E-state index is 4.07. The van der Waals surface area contributed by atoms with Crippen molar-refractivity contribution in [2.45, 2.75) is 32.7 Å². The molecular weight excluding hydrogens is 222 g/mol. The van der Waals surface area contributed by atoms with Crippen LogP contribution in [0, 0.1) is 5.92 Å². The molecule has 0 radical (unpaired) electrons. The largest absolute Gasteiger partial charge is 0.316 e. The van der Waals surface area contributed by atoms with Crippen molar-refractivity contribution in [2.75, 3.05) is 26.2 Å². The topological polar surface area (TPSA) is 28.2 Å². The smallest absolute Gasteiger partial charge is 0.0271 e. The van der Waals surface area contributed by atoms with E-state index in [-0.39, 0.29) is 0 Å². The summed E-state index contributed by atoms with van der Waals surface area (Å²) in [5, 5.41) is 3.50. The normalized spacial score (nSPS) is 20.2. The first kappa shape index (κ1) is 13.5. The average Bonchev–Trinajstić information content (AvgIpc) is 2.45. The zero-order valence-corrected chi connectivity index (χ0v) is 11.4. The highest BCUT2D eigenvalue weighted by Gasteiger charge is 2.14. The quantitative estimate of drug-likeness (QED) is 0.836. The van der Waals surface area contributed by atoms with Crippen LogP contribution in [0.15, 0.2) is 24.5 Å². The second-order valence-corrected chi connectivity index (χ2v) is 5.23. The number of rotatable bonds is 6. The van der Waals surface area contributed by atoms with E-state index in [0.717, 1.165) is 19.0 Å². The number of aromatic nitrogens is 1. The van der Waals surface area contributed by atoms with Crippen molar-refractivity contribution in [3.05, 3.63) is 30.1 Å². The lowest BCUT2D eigenvalue weighted by atomic mass is 9.96. The maximum Gasteiger partial charge on any atom is 0.0271 e. The molecule has 0 aliphatic carbocycles. The molecule has 3 nitrogen and oxygen atoms in total. The average molecular weight is 247 g/mol. The van der Waals surface area contributed by atoms with E-state index in [9.17, 15) is 0 Å². The van der Waals surface area contributed by atoms with Crippen molar-refractivity contribution in [3.63, 3.8) is 0 Å². The summed E-state index contributed by atoms with van der Waals surface area (Å²) in [6, 6.07) is 4.23. The Morgan fingerprint density at radius 1 is 1.39 bits per heavy atom. The Morgan fingerprint density at radius 3 is 2.89 bits per heavy atom. The maximum absolute atomic E-state index is 4.07. The van der Waals surface area contributed by atoms with E-state index in [1.165, 1.54) is 44.5 Å². The van der Waals surface area contributed by atoms with E-state index < -0.39 is 0 Å². The molecule has 1 aromatic rings. The van der Waals surface area contributed by atoms with Crippen LogP contribution in [0.5, 0.6) is 0 Å². The van der Waals surface area contributed by atoms with E-state index in [1.54, 1.807) is 0 Å². The molecule has 0 spiro atoms. The van der Waals surface area contributed by atoms with Gasteiger partial charge in [-0.3, -0.25) is 9.88 Å². The highest BCUT2D eigenvalue weighted by molar-refractivity contribution is 5.09. The minimum atomic E-state index is 0.880. The Morgan fingerprint density at radius 2 is 2.22 bits per heavy atom. The van der Waals surface area contributed by atoms with Gasteiger partial charge in [0.2, 0.25) is 0 Å². The molecule has 0 bridgehead atoms. The van der Waals surface area contributed by atoms with Gasteiger partial charge in [-0.25, -0.2) is 0 Å². The van der Waals surface area contributed by atoms with Crippen molar-refractivity contribution in [3.8, 4) is 0 Å². The molecule has 1 saturated heterocycles. The van der Waals surface area contributed by atoms with Crippen molar-refractivity contribution < 1.29 is 0 Å². The van der Waals surface area contributed by atoms with Crippen LogP contribution < -0.4 is 5.32 Å². The van der Waals surface area contributed by atoms with Crippen LogP contribution in [0.3, 0.4) is 0 Å². The first-order chi connectivity index (χ1) is 8.88. The molecule has 1 unspecified atom stereocenters. The van der Waals surface area contributed by atoms with Gasteiger partial charge in [0.25, 0.3) is 0 Å². The fourth-order valence-corrected chi connectivity index (χ4v) is 2.63. The summed E-state index contributed by atoms with van der Waals surface area (Å²) < 4.78 is 0. The molecule has 2 rings (SSSR count). The Balaban J connectivity index is 1.75. The molecule has 1 aromatic heterocycles. The molecule has 3 heteroatoms. The summed E-state index contributed by atoms with van der Waals surface area (Å²) in [5.74, 6) is 0.880. The van der Waals surface area contributed by atoms with Crippen LogP contribution in [0.25, 0.3) is 0 Å². The van der Waals surface area contributed by atoms with Crippen LogP contribution in [0.1, 0.15) is 31.7 Å².